The monoisotopic (exact) mass is 590 g/mol. The first kappa shape index (κ1) is 29.5. The van der Waals surface area contributed by atoms with E-state index in [9.17, 15) is 29.9 Å². The number of aromatic hydroxyl groups is 2. The molecule has 4 aromatic carbocycles. The SMILES string of the molecule is CCOC(=O)Cc1cc(Sc2ccc(O)cc2)ccc1[N+](=O)[O-].O=C1Cc2cc(Sc3ccc(O)cc3)ccc2N1. The second kappa shape index (κ2) is 13.7. The van der Waals surface area contributed by atoms with Crippen LogP contribution in [0.15, 0.2) is 105 Å². The van der Waals surface area contributed by atoms with Gasteiger partial charge in [-0.1, -0.05) is 23.5 Å². The third-order valence-electron chi connectivity index (χ3n) is 5.73. The Kier molecular flexibility index (Phi) is 9.88. The van der Waals surface area contributed by atoms with Crippen molar-refractivity contribution in [2.75, 3.05) is 11.9 Å². The summed E-state index contributed by atoms with van der Waals surface area (Å²) in [6.45, 7) is 1.91. The number of amides is 1. The van der Waals surface area contributed by atoms with Gasteiger partial charge in [0, 0.05) is 36.9 Å². The van der Waals surface area contributed by atoms with Gasteiger partial charge in [0.05, 0.1) is 24.4 Å². The molecule has 0 saturated heterocycles. The van der Waals surface area contributed by atoms with E-state index in [2.05, 4.69) is 5.32 Å². The number of benzene rings is 4. The predicted octanol–water partition coefficient (Wildman–Crippen LogP) is 6.60. The van der Waals surface area contributed by atoms with Gasteiger partial charge in [-0.25, -0.2) is 0 Å². The first-order valence-corrected chi connectivity index (χ1v) is 14.1. The first-order valence-electron chi connectivity index (χ1n) is 12.5. The predicted molar refractivity (Wildman–Crippen MR) is 157 cm³/mol. The smallest absolute Gasteiger partial charge is 0.310 e. The van der Waals surface area contributed by atoms with Crippen molar-refractivity contribution in [2.24, 2.45) is 0 Å². The van der Waals surface area contributed by atoms with Gasteiger partial charge in [-0.15, -0.1) is 0 Å². The number of esters is 1. The Bertz CT molecular complexity index is 1560. The van der Waals surface area contributed by atoms with Gasteiger partial charge < -0.3 is 20.3 Å². The lowest BCUT2D eigenvalue weighted by Gasteiger charge is -2.07. The summed E-state index contributed by atoms with van der Waals surface area (Å²) < 4.78 is 4.86. The zero-order chi connectivity index (χ0) is 29.4. The molecule has 11 heteroatoms. The van der Waals surface area contributed by atoms with E-state index >= 15 is 0 Å². The largest absolute Gasteiger partial charge is 0.508 e. The zero-order valence-corrected chi connectivity index (χ0v) is 23.5. The number of phenols is 2. The number of nitrogens with zero attached hydrogens (tertiary/aromatic N) is 1. The van der Waals surface area contributed by atoms with Crippen LogP contribution in [-0.2, 0) is 27.2 Å². The molecule has 1 aliphatic heterocycles. The van der Waals surface area contributed by atoms with E-state index in [0.29, 0.717) is 12.0 Å². The summed E-state index contributed by atoms with van der Waals surface area (Å²) in [7, 11) is 0. The summed E-state index contributed by atoms with van der Waals surface area (Å²) in [4.78, 5) is 37.2. The molecule has 0 radical (unpaired) electrons. The van der Waals surface area contributed by atoms with Gasteiger partial charge in [0.25, 0.3) is 5.69 Å². The van der Waals surface area contributed by atoms with Gasteiger partial charge in [-0.2, -0.15) is 0 Å². The fraction of sp³-hybridized carbons (Fsp3) is 0.133. The number of ether oxygens (including phenoxy) is 1. The second-order valence-electron chi connectivity index (χ2n) is 8.77. The zero-order valence-electron chi connectivity index (χ0n) is 21.9. The minimum Gasteiger partial charge on any atom is -0.508 e. The quantitative estimate of drug-likeness (QED) is 0.118. The molecule has 0 saturated carbocycles. The maximum atomic E-state index is 11.6. The third kappa shape index (κ3) is 8.50. The highest BCUT2D eigenvalue weighted by atomic mass is 32.2. The van der Waals surface area contributed by atoms with Crippen LogP contribution in [0.1, 0.15) is 18.1 Å². The first-order chi connectivity index (χ1) is 19.7. The lowest BCUT2D eigenvalue weighted by atomic mass is 10.1. The van der Waals surface area contributed by atoms with E-state index < -0.39 is 10.9 Å². The van der Waals surface area contributed by atoms with Crippen LogP contribution in [0.3, 0.4) is 0 Å². The number of nitro groups is 1. The summed E-state index contributed by atoms with van der Waals surface area (Å²) in [5.74, 6) is -0.0108. The molecule has 0 aromatic heterocycles. The van der Waals surface area contributed by atoms with Crippen molar-refractivity contribution in [1.82, 2.24) is 0 Å². The van der Waals surface area contributed by atoms with E-state index in [1.165, 1.54) is 17.8 Å². The maximum Gasteiger partial charge on any atom is 0.310 e. The van der Waals surface area contributed by atoms with Gasteiger partial charge in [0.1, 0.15) is 11.5 Å². The van der Waals surface area contributed by atoms with Crippen molar-refractivity contribution >= 4 is 46.8 Å². The second-order valence-corrected chi connectivity index (χ2v) is 11.1. The highest BCUT2D eigenvalue weighted by molar-refractivity contribution is 7.99. The minimum atomic E-state index is -0.510. The van der Waals surface area contributed by atoms with Crippen LogP contribution < -0.4 is 5.32 Å². The highest BCUT2D eigenvalue weighted by Crippen LogP contribution is 2.34. The van der Waals surface area contributed by atoms with Crippen LogP contribution in [-0.4, -0.2) is 33.6 Å². The van der Waals surface area contributed by atoms with Gasteiger partial charge in [-0.3, -0.25) is 19.7 Å². The molecule has 0 atom stereocenters. The molecule has 0 aliphatic carbocycles. The number of phenolic OH excluding ortho intramolecular Hbond substituents is 2. The summed E-state index contributed by atoms with van der Waals surface area (Å²) in [6, 6.07) is 24.3. The average molecular weight is 591 g/mol. The molecule has 0 bridgehead atoms. The van der Waals surface area contributed by atoms with Crippen molar-refractivity contribution in [3.05, 3.63) is 106 Å². The number of carbonyl (C=O) groups excluding carboxylic acids is 2. The van der Waals surface area contributed by atoms with Gasteiger partial charge in [-0.05, 0) is 91.3 Å². The Morgan fingerprint density at radius 3 is 1.98 bits per heavy atom. The molecule has 210 valence electrons. The molecule has 0 fully saturated rings. The Hall–Kier alpha value is -4.48. The fourth-order valence-corrected chi connectivity index (χ4v) is 5.65. The van der Waals surface area contributed by atoms with Crippen molar-refractivity contribution in [2.45, 2.75) is 39.3 Å². The molecular formula is C30H26N2O7S2. The molecule has 5 rings (SSSR count). The van der Waals surface area contributed by atoms with Gasteiger partial charge in [0.2, 0.25) is 5.91 Å². The molecule has 1 amide bonds. The van der Waals surface area contributed by atoms with Crippen LogP contribution >= 0.6 is 23.5 Å². The number of carbonyl (C=O) groups is 2. The van der Waals surface area contributed by atoms with Crippen molar-refractivity contribution in [1.29, 1.82) is 0 Å². The molecule has 41 heavy (non-hydrogen) atoms. The summed E-state index contributed by atoms with van der Waals surface area (Å²) in [6.07, 6.45) is 0.313. The number of nitrogens with one attached hydrogen (secondary N) is 1. The molecule has 4 aromatic rings. The normalized spacial score (nSPS) is 11.6. The molecule has 1 aliphatic rings. The van der Waals surface area contributed by atoms with E-state index in [4.69, 9.17) is 4.74 Å². The Morgan fingerprint density at radius 1 is 0.878 bits per heavy atom. The Morgan fingerprint density at radius 2 is 1.41 bits per heavy atom. The molecule has 0 spiro atoms. The number of rotatable bonds is 8. The van der Waals surface area contributed by atoms with Crippen LogP contribution in [0, 0.1) is 10.1 Å². The van der Waals surface area contributed by atoms with Crippen molar-refractivity contribution < 1.29 is 29.5 Å². The van der Waals surface area contributed by atoms with Crippen LogP contribution in [0.2, 0.25) is 0 Å². The fourth-order valence-electron chi connectivity index (χ4n) is 3.88. The lowest BCUT2D eigenvalue weighted by Crippen LogP contribution is -2.09. The van der Waals surface area contributed by atoms with Gasteiger partial charge in [0.15, 0.2) is 0 Å². The average Bonchev–Trinajstić information content (AvgIpc) is 3.31. The number of anilines is 1. The van der Waals surface area contributed by atoms with E-state index in [0.717, 1.165) is 30.8 Å². The summed E-state index contributed by atoms with van der Waals surface area (Å²) in [5.41, 5.74) is 2.17. The number of hydrogen-bond donors (Lipinski definition) is 3. The van der Waals surface area contributed by atoms with E-state index in [1.54, 1.807) is 67.2 Å². The molecule has 3 N–H and O–H groups in total. The lowest BCUT2D eigenvalue weighted by molar-refractivity contribution is -0.385. The van der Waals surface area contributed by atoms with Crippen LogP contribution in [0.5, 0.6) is 11.5 Å². The van der Waals surface area contributed by atoms with Crippen LogP contribution in [0.4, 0.5) is 11.4 Å². The maximum absolute atomic E-state index is 11.6. The Balaban J connectivity index is 0.000000194. The third-order valence-corrected chi connectivity index (χ3v) is 7.73. The molecule has 1 heterocycles. The molecular weight excluding hydrogens is 564 g/mol. The highest BCUT2D eigenvalue weighted by Gasteiger charge is 2.19. The number of nitro benzene ring substituents is 1. The standard InChI is InChI=1S/C16H15NO5S.C14H11NO2S/c1-2-22-16(19)10-11-9-14(7-8-15(11)17(20)21)23-13-5-3-12(18)4-6-13;16-10-1-3-11(4-2-10)18-12-5-6-13-9(7-12)8-14(17)15-13/h3-9,18H,2,10H2,1H3;1-7,16H,8H2,(H,15,17). The molecule has 0 unspecified atom stereocenters. The number of hydrogen-bond acceptors (Lipinski definition) is 9. The number of fused-ring (bicyclic) bond motifs is 1. The van der Waals surface area contributed by atoms with Gasteiger partial charge >= 0.3 is 5.97 Å². The van der Waals surface area contributed by atoms with Crippen LogP contribution in [0.25, 0.3) is 0 Å². The molecule has 9 nitrogen and oxygen atoms in total. The Labute approximate surface area is 244 Å². The summed E-state index contributed by atoms with van der Waals surface area (Å²) in [5, 5.41) is 32.4. The van der Waals surface area contributed by atoms with Crippen molar-refractivity contribution in [3.8, 4) is 11.5 Å². The topological polar surface area (TPSA) is 139 Å². The summed E-state index contributed by atoms with van der Waals surface area (Å²) >= 11 is 3.00. The van der Waals surface area contributed by atoms with E-state index in [1.807, 2.05) is 30.3 Å². The van der Waals surface area contributed by atoms with E-state index in [-0.39, 0.29) is 36.1 Å². The van der Waals surface area contributed by atoms with Crippen molar-refractivity contribution in [3.63, 3.8) is 0 Å². The minimum absolute atomic E-state index is 0.0526.